The summed E-state index contributed by atoms with van der Waals surface area (Å²) in [5.74, 6) is 0.792. The molecule has 1 heterocycles. The largest absolute Gasteiger partial charge is 0 e. The number of ether oxygens (including phenoxy) is 1. The molecule has 1 radical (unpaired) electrons. The first-order valence-electron chi connectivity index (χ1n) is 14.9. The second-order valence-corrected chi connectivity index (χ2v) is 16.1. The van der Waals surface area contributed by atoms with Crippen molar-refractivity contribution >= 4 is 37.5 Å². The molecule has 1 aliphatic heterocycles. The molecule has 5 rings (SSSR count). The van der Waals surface area contributed by atoms with Crippen LogP contribution in [0, 0.1) is 19.3 Å². The molecule has 3 aromatic carbocycles. The quantitative estimate of drug-likeness (QED) is 0.146. The van der Waals surface area contributed by atoms with E-state index in [0.29, 0.717) is 6.61 Å². The average Bonchev–Trinajstić information content (AvgIpc) is 3.41. The van der Waals surface area contributed by atoms with Crippen molar-refractivity contribution in [2.24, 2.45) is 10.4 Å². The zero-order valence-electron chi connectivity index (χ0n) is 26.7. The number of aliphatic imine (C=N–C) groups is 1. The van der Waals surface area contributed by atoms with Gasteiger partial charge in [-0.15, -0.1) is 0 Å². The van der Waals surface area contributed by atoms with E-state index in [4.69, 9.17) is 9.73 Å². The average molecular weight is 861 g/mol. The summed E-state index contributed by atoms with van der Waals surface area (Å²) in [6, 6.07) is 26.4. The molecule has 0 aromatic heterocycles. The molecule has 0 saturated heterocycles. The molecule has 11 heteroatoms. The molecule has 1 aliphatic carbocycles. The fraction of sp³-hybridized carbons (Fsp3) is 0.343. The van der Waals surface area contributed by atoms with E-state index in [0.717, 1.165) is 11.5 Å². The fourth-order valence-corrected chi connectivity index (χ4v) is 7.44. The summed E-state index contributed by atoms with van der Waals surface area (Å²) in [6.45, 7) is 11.8. The third-order valence-electron chi connectivity index (χ3n) is 7.07. The van der Waals surface area contributed by atoms with Crippen molar-refractivity contribution < 1.29 is 50.0 Å². The summed E-state index contributed by atoms with van der Waals surface area (Å²) in [6.07, 6.45) is 14.0. The van der Waals surface area contributed by atoms with E-state index in [1.165, 1.54) is 52.7 Å². The van der Waals surface area contributed by atoms with Crippen molar-refractivity contribution in [2.75, 3.05) is 6.61 Å². The number of allylic oxidation sites excluding steroid dienone is 4. The summed E-state index contributed by atoms with van der Waals surface area (Å²) in [5, 5.41) is 4.09. The Morgan fingerprint density at radius 1 is 0.652 bits per heavy atom. The molecule has 0 fully saturated rings. The summed E-state index contributed by atoms with van der Waals surface area (Å²) < 4.78 is 65.4. The van der Waals surface area contributed by atoms with Crippen LogP contribution < -0.4 is 15.9 Å². The van der Waals surface area contributed by atoms with Crippen LogP contribution in [0.3, 0.4) is 0 Å². The van der Waals surface area contributed by atoms with E-state index < -0.39 is 15.7 Å². The Morgan fingerprint density at radius 2 is 1.02 bits per heavy atom. The maximum Gasteiger partial charge on any atom is 0 e. The van der Waals surface area contributed by atoms with E-state index in [-0.39, 0.29) is 31.6 Å². The number of halogens is 6. The standard InChI is InChI=1S/C27H30NOP.C8H12.F6P.Ir/c1-19-12-6-9-15-22(19)30(23-16-10-7-13-20(23)2)24-17-11-8-14-21(24)26-28-25(18-29-26)27(3,4)5;1-2-4-6-8-7-5-3-1;1-7(2,3,4,5)6;/h6-17,25H,18H2,1-5H3;1-2,7-8H,3-6H2;;/q;;-1;/b;2-1-,8-7-;;/t25-;;;/m1.../s1. The summed E-state index contributed by atoms with van der Waals surface area (Å²) in [7, 11) is -11.4. The normalized spacial score (nSPS) is 19.1. The second kappa shape index (κ2) is 15.7. The van der Waals surface area contributed by atoms with E-state index in [1.807, 2.05) is 0 Å². The zero-order valence-corrected chi connectivity index (χ0v) is 30.9. The first-order valence-corrected chi connectivity index (χ1v) is 18.3. The van der Waals surface area contributed by atoms with E-state index >= 15 is 0 Å². The smallest absolute Gasteiger partial charge is 0 e. The molecule has 2 aliphatic rings. The molecule has 1 atom stereocenters. The topological polar surface area (TPSA) is 21.6 Å². The van der Waals surface area contributed by atoms with Crippen molar-refractivity contribution in [1.29, 1.82) is 0 Å². The van der Waals surface area contributed by atoms with Gasteiger partial charge in [-0.25, -0.2) is 4.99 Å². The Balaban J connectivity index is 0.000000380. The number of hydrogen-bond donors (Lipinski definition) is 0. The van der Waals surface area contributed by atoms with Crippen LogP contribution in [0.4, 0.5) is 25.2 Å². The Morgan fingerprint density at radius 3 is 1.39 bits per heavy atom. The summed E-state index contributed by atoms with van der Waals surface area (Å²) >= 11 is 0. The first-order chi connectivity index (χ1) is 20.8. The number of nitrogens with zero attached hydrogens (tertiary/aromatic N) is 1. The molecule has 2 nitrogen and oxygen atoms in total. The van der Waals surface area contributed by atoms with Gasteiger partial charge in [0.2, 0.25) is 5.90 Å². The zero-order chi connectivity index (χ0) is 33.4. The van der Waals surface area contributed by atoms with Gasteiger partial charge in [0.05, 0.1) is 6.04 Å². The Hall–Kier alpha value is -2.30. The third kappa shape index (κ3) is 14.2. The maximum atomic E-state index is 9.87. The van der Waals surface area contributed by atoms with Crippen molar-refractivity contribution in [3.8, 4) is 0 Å². The van der Waals surface area contributed by atoms with E-state index in [1.54, 1.807) is 0 Å². The molecule has 46 heavy (non-hydrogen) atoms. The number of rotatable bonds is 4. The molecule has 0 unspecified atom stereocenters. The number of aryl methyl sites for hydroxylation is 2. The van der Waals surface area contributed by atoms with Crippen LogP contribution in [0.5, 0.6) is 0 Å². The van der Waals surface area contributed by atoms with Crippen LogP contribution in [0.25, 0.3) is 0 Å². The summed E-state index contributed by atoms with van der Waals surface area (Å²) in [5.41, 5.74) is 3.86. The van der Waals surface area contributed by atoms with Gasteiger partial charge in [-0.2, -0.15) is 0 Å². The predicted octanol–water partition coefficient (Wildman–Crippen LogP) is 11.3. The number of benzene rings is 3. The third-order valence-corrected chi connectivity index (χ3v) is 9.91. The van der Waals surface area contributed by atoms with Crippen LogP contribution in [0.1, 0.15) is 63.1 Å². The molecule has 0 bridgehead atoms. The molecule has 0 amide bonds. The monoisotopic (exact) mass is 861 g/mol. The van der Waals surface area contributed by atoms with E-state index in [2.05, 4.69) is 132 Å². The Labute approximate surface area is 283 Å². The van der Waals surface area contributed by atoms with Gasteiger partial charge in [-0.3, -0.25) is 0 Å². The van der Waals surface area contributed by atoms with Crippen LogP contribution in [-0.4, -0.2) is 18.5 Å². The maximum absolute atomic E-state index is 10.7. The SMILES string of the molecule is C1=C\CC/C=C\CC/1.Cc1ccccc1P(c1ccccc1C)c1ccccc1C1=N[C@@H](C(C)(C)C)CO1.F[P-](F)(F)(F)(F)F.[Ir]. The molecule has 3 aromatic rings. The van der Waals surface area contributed by atoms with Crippen molar-refractivity contribution in [1.82, 2.24) is 0 Å². The molecule has 0 N–H and O–H groups in total. The summed E-state index contributed by atoms with van der Waals surface area (Å²) in [4.78, 5) is 5.01. The molecule has 255 valence electrons. The molecular formula is C35H42F6IrNOP2-. The fourth-order valence-electron chi connectivity index (χ4n) is 4.69. The van der Waals surface area contributed by atoms with Crippen molar-refractivity contribution in [3.05, 3.63) is 114 Å². The van der Waals surface area contributed by atoms with Crippen LogP contribution in [-0.2, 0) is 24.8 Å². The van der Waals surface area contributed by atoms with Gasteiger partial charge in [-0.05, 0) is 86.0 Å². The van der Waals surface area contributed by atoms with Crippen LogP contribution >= 0.6 is 15.7 Å². The Kier molecular flexibility index (Phi) is 13.6. The van der Waals surface area contributed by atoms with Crippen LogP contribution in [0.2, 0.25) is 0 Å². The van der Waals surface area contributed by atoms with Gasteiger partial charge in [0.1, 0.15) is 6.61 Å². The predicted molar refractivity (Wildman–Crippen MR) is 181 cm³/mol. The van der Waals surface area contributed by atoms with Crippen LogP contribution in [0.15, 0.2) is 102 Å². The van der Waals surface area contributed by atoms with Gasteiger partial charge < -0.3 is 4.74 Å². The van der Waals surface area contributed by atoms with Crippen molar-refractivity contribution in [2.45, 2.75) is 66.3 Å². The van der Waals surface area contributed by atoms with Gasteiger partial charge in [0.15, 0.2) is 0 Å². The molecular weight excluding hydrogens is 819 g/mol. The molecule has 0 saturated carbocycles. The van der Waals surface area contributed by atoms with Gasteiger partial charge in [0.25, 0.3) is 0 Å². The van der Waals surface area contributed by atoms with Crippen molar-refractivity contribution in [3.63, 3.8) is 0 Å². The van der Waals surface area contributed by atoms with Gasteiger partial charge >= 0.3 is 33.0 Å². The number of hydrogen-bond acceptors (Lipinski definition) is 2. The van der Waals surface area contributed by atoms with Gasteiger partial charge in [-0.1, -0.05) is 112 Å². The first kappa shape index (κ1) is 39.9. The minimum atomic E-state index is -10.7. The van der Waals surface area contributed by atoms with E-state index in [9.17, 15) is 25.2 Å². The molecule has 0 spiro atoms. The Bertz CT molecular complexity index is 1450. The van der Waals surface area contributed by atoms with Gasteiger partial charge in [0, 0.05) is 25.7 Å². The second-order valence-electron chi connectivity index (χ2n) is 12.1. The minimum Gasteiger partial charge on any atom is 0 e. The minimum absolute atomic E-state index is 0.